The van der Waals surface area contributed by atoms with E-state index >= 15 is 0 Å². The molecule has 27 heavy (non-hydrogen) atoms. The van der Waals surface area contributed by atoms with E-state index in [-0.39, 0.29) is 6.04 Å². The maximum Gasteiger partial charge on any atom is 0.383 e. The molecule has 0 radical (unpaired) electrons. The fraction of sp³-hybridized carbons (Fsp3) is 0.143. The van der Waals surface area contributed by atoms with Crippen LogP contribution in [0.5, 0.6) is 11.5 Å². The number of hydrogen-bond acceptors (Lipinski definition) is 4. The lowest BCUT2D eigenvalue weighted by Crippen LogP contribution is -2.35. The molecule has 0 spiro atoms. The molecule has 5 nitrogen and oxygen atoms in total. The molecule has 4 rings (SSSR count). The number of fused-ring (bicyclic) bond motifs is 1. The van der Waals surface area contributed by atoms with Crippen LogP contribution >= 0.6 is 0 Å². The summed E-state index contributed by atoms with van der Waals surface area (Å²) in [5, 5.41) is 0. The second-order valence-electron chi connectivity index (χ2n) is 6.41. The van der Waals surface area contributed by atoms with Crippen LogP contribution in [0.25, 0.3) is 22.3 Å². The Morgan fingerprint density at radius 3 is 2.11 bits per heavy atom. The molecular weight excluding hydrogens is 362 g/mol. The van der Waals surface area contributed by atoms with Crippen LogP contribution in [0.4, 0.5) is 0 Å². The van der Waals surface area contributed by atoms with E-state index in [4.69, 9.17) is 8.92 Å². The van der Waals surface area contributed by atoms with Gasteiger partial charge in [-0.2, -0.15) is 13.1 Å². The summed E-state index contributed by atoms with van der Waals surface area (Å²) in [7, 11) is -2.15. The molecule has 6 heteroatoms. The Kier molecular flexibility index (Phi) is 4.37. The zero-order valence-corrected chi connectivity index (χ0v) is 15.8. The third-order valence-corrected chi connectivity index (χ3v) is 5.67. The van der Waals surface area contributed by atoms with E-state index < -0.39 is 10.3 Å². The highest BCUT2D eigenvalue weighted by Crippen LogP contribution is 2.40. The molecule has 3 aromatic rings. The van der Waals surface area contributed by atoms with Crippen LogP contribution in [-0.2, 0) is 10.3 Å². The second-order valence-corrected chi connectivity index (χ2v) is 7.72. The summed E-state index contributed by atoms with van der Waals surface area (Å²) in [6.07, 6.45) is 0. The summed E-state index contributed by atoms with van der Waals surface area (Å²) in [4.78, 5) is 0. The molecular formula is C21H19NO4S. The molecule has 0 fully saturated rings. The van der Waals surface area contributed by atoms with Gasteiger partial charge in [0, 0.05) is 11.1 Å². The summed E-state index contributed by atoms with van der Waals surface area (Å²) < 4.78 is 36.8. The van der Waals surface area contributed by atoms with Crippen molar-refractivity contribution in [3.05, 3.63) is 72.3 Å². The average Bonchev–Trinajstić information content (AvgIpc) is 2.67. The Labute approximate surface area is 158 Å². The first-order chi connectivity index (χ1) is 13.0. The van der Waals surface area contributed by atoms with Gasteiger partial charge in [-0.05, 0) is 35.7 Å². The third kappa shape index (κ3) is 3.41. The van der Waals surface area contributed by atoms with Crippen molar-refractivity contribution in [3.8, 4) is 33.8 Å². The van der Waals surface area contributed by atoms with Crippen molar-refractivity contribution in [2.24, 2.45) is 0 Å². The minimum absolute atomic E-state index is 0.336. The van der Waals surface area contributed by atoms with Crippen molar-refractivity contribution in [3.63, 3.8) is 0 Å². The molecule has 3 aromatic carbocycles. The number of ether oxygens (including phenoxy) is 1. The Bertz CT molecular complexity index is 1070. The lowest BCUT2D eigenvalue weighted by Gasteiger charge is -2.25. The van der Waals surface area contributed by atoms with Crippen LogP contribution < -0.4 is 13.6 Å². The summed E-state index contributed by atoms with van der Waals surface area (Å²) in [6.45, 7) is 1.80. The Balaban J connectivity index is 1.72. The molecule has 138 valence electrons. The van der Waals surface area contributed by atoms with Gasteiger partial charge in [0.15, 0.2) is 5.75 Å². The van der Waals surface area contributed by atoms with E-state index in [0.717, 1.165) is 33.6 Å². The van der Waals surface area contributed by atoms with E-state index in [2.05, 4.69) is 4.72 Å². The molecule has 1 aliphatic heterocycles. The van der Waals surface area contributed by atoms with Gasteiger partial charge < -0.3 is 8.92 Å². The third-order valence-electron chi connectivity index (χ3n) is 4.65. The molecule has 1 unspecified atom stereocenters. The molecule has 0 saturated carbocycles. The minimum Gasteiger partial charge on any atom is -0.497 e. The first-order valence-corrected chi connectivity index (χ1v) is 9.97. The predicted molar refractivity (Wildman–Crippen MR) is 105 cm³/mol. The summed E-state index contributed by atoms with van der Waals surface area (Å²) >= 11 is 0. The normalized spacial score (nSPS) is 17.6. The number of rotatable bonds is 3. The SMILES string of the molecule is COc1ccc(-c2ccc(-c3cccc4c3OS(=O)(=O)NC4C)cc2)cc1. The van der Waals surface area contributed by atoms with E-state index in [0.29, 0.717) is 5.75 Å². The molecule has 0 aromatic heterocycles. The Hall–Kier alpha value is -2.83. The van der Waals surface area contributed by atoms with Crippen molar-refractivity contribution >= 4 is 10.3 Å². The fourth-order valence-corrected chi connectivity index (χ4v) is 4.27. The molecule has 0 amide bonds. The maximum atomic E-state index is 12.0. The predicted octanol–water partition coefficient (Wildman–Crippen LogP) is 4.32. The molecule has 1 atom stereocenters. The monoisotopic (exact) mass is 381 g/mol. The van der Waals surface area contributed by atoms with Gasteiger partial charge in [0.2, 0.25) is 0 Å². The number of benzene rings is 3. The average molecular weight is 381 g/mol. The van der Waals surface area contributed by atoms with Crippen molar-refractivity contribution in [2.75, 3.05) is 7.11 Å². The van der Waals surface area contributed by atoms with Crippen LogP contribution in [0.3, 0.4) is 0 Å². The largest absolute Gasteiger partial charge is 0.497 e. The molecule has 0 saturated heterocycles. The van der Waals surface area contributed by atoms with Crippen LogP contribution in [0.15, 0.2) is 66.7 Å². The number of methoxy groups -OCH3 is 1. The lowest BCUT2D eigenvalue weighted by atomic mass is 9.96. The van der Waals surface area contributed by atoms with Gasteiger partial charge in [-0.15, -0.1) is 0 Å². The standard InChI is InChI=1S/C21H19NO4S/c1-14-19-4-3-5-20(21(19)26-27(23,24)22-14)17-8-6-15(7-9-17)16-10-12-18(25-2)13-11-16/h3-14,22H,1-2H3. The quantitative estimate of drug-likeness (QED) is 0.734. The Morgan fingerprint density at radius 2 is 1.48 bits per heavy atom. The van der Waals surface area contributed by atoms with E-state index in [1.807, 2.05) is 66.7 Å². The highest BCUT2D eigenvalue weighted by molar-refractivity contribution is 7.85. The van der Waals surface area contributed by atoms with Crippen molar-refractivity contribution in [1.29, 1.82) is 0 Å². The first kappa shape index (κ1) is 17.6. The topological polar surface area (TPSA) is 64.6 Å². The molecule has 0 aliphatic carbocycles. The van der Waals surface area contributed by atoms with Crippen LogP contribution in [0.2, 0.25) is 0 Å². The summed E-state index contributed by atoms with van der Waals surface area (Å²) in [5.41, 5.74) is 4.62. The second kappa shape index (κ2) is 6.72. The smallest absolute Gasteiger partial charge is 0.383 e. The minimum atomic E-state index is -3.80. The molecule has 1 heterocycles. The van der Waals surface area contributed by atoms with Gasteiger partial charge in [-0.1, -0.05) is 54.6 Å². The van der Waals surface area contributed by atoms with E-state index in [1.165, 1.54) is 0 Å². The fourth-order valence-electron chi connectivity index (χ4n) is 3.26. The van der Waals surface area contributed by atoms with E-state index in [1.54, 1.807) is 14.0 Å². The van der Waals surface area contributed by atoms with Crippen molar-refractivity contribution < 1.29 is 17.3 Å². The zero-order valence-electron chi connectivity index (χ0n) is 15.0. The number of nitrogens with one attached hydrogen (secondary N) is 1. The van der Waals surface area contributed by atoms with Crippen molar-refractivity contribution in [1.82, 2.24) is 4.72 Å². The summed E-state index contributed by atoms with van der Waals surface area (Å²) in [5.74, 6) is 1.20. The summed E-state index contributed by atoms with van der Waals surface area (Å²) in [6, 6.07) is 21.1. The van der Waals surface area contributed by atoms with Gasteiger partial charge in [-0.3, -0.25) is 0 Å². The van der Waals surface area contributed by atoms with Crippen LogP contribution in [-0.4, -0.2) is 15.5 Å². The van der Waals surface area contributed by atoms with Crippen LogP contribution in [0.1, 0.15) is 18.5 Å². The molecule has 0 bridgehead atoms. The molecule has 1 aliphatic rings. The van der Waals surface area contributed by atoms with Gasteiger partial charge in [0.05, 0.1) is 13.2 Å². The maximum absolute atomic E-state index is 12.0. The van der Waals surface area contributed by atoms with Gasteiger partial charge in [0.1, 0.15) is 5.75 Å². The van der Waals surface area contributed by atoms with Gasteiger partial charge in [-0.25, -0.2) is 0 Å². The highest BCUT2D eigenvalue weighted by Gasteiger charge is 2.29. The highest BCUT2D eigenvalue weighted by atomic mass is 32.2. The van der Waals surface area contributed by atoms with Crippen LogP contribution in [0, 0.1) is 0 Å². The van der Waals surface area contributed by atoms with Crippen molar-refractivity contribution in [2.45, 2.75) is 13.0 Å². The molecule has 1 N–H and O–H groups in total. The number of hydrogen-bond donors (Lipinski definition) is 1. The first-order valence-electron chi connectivity index (χ1n) is 8.56. The Morgan fingerprint density at radius 1 is 0.889 bits per heavy atom. The van der Waals surface area contributed by atoms with Gasteiger partial charge >= 0.3 is 10.3 Å². The zero-order chi connectivity index (χ0) is 19.0. The van der Waals surface area contributed by atoms with Gasteiger partial charge in [0.25, 0.3) is 0 Å². The van der Waals surface area contributed by atoms with E-state index in [9.17, 15) is 8.42 Å². The number of para-hydroxylation sites is 1. The lowest BCUT2D eigenvalue weighted by molar-refractivity contribution is 0.415.